The fourth-order valence-electron chi connectivity index (χ4n) is 1.76. The van der Waals surface area contributed by atoms with Crippen molar-refractivity contribution in [2.75, 3.05) is 47.2 Å². The normalized spacial score (nSPS) is 10.7. The molecule has 1 aromatic rings. The Balaban J connectivity index is 2.74. The zero-order chi connectivity index (χ0) is 15.5. The molecule has 0 aliphatic carbocycles. The van der Waals surface area contributed by atoms with Crippen molar-refractivity contribution in [2.24, 2.45) is 0 Å². The minimum absolute atomic E-state index is 0.487. The second kappa shape index (κ2) is 10.8. The standard InChI is InChI=1S/C15H24BrNO4/c1-4-20-14-10-12(11-17-5-6-18-2)9-13(16)15(14)21-8-7-19-3/h9-10,17H,4-8,11H2,1-3H3. The van der Waals surface area contributed by atoms with Crippen molar-refractivity contribution in [3.63, 3.8) is 0 Å². The number of benzene rings is 1. The third-order valence-corrected chi connectivity index (χ3v) is 3.30. The molecule has 0 saturated heterocycles. The number of rotatable bonds is 11. The molecule has 120 valence electrons. The van der Waals surface area contributed by atoms with E-state index in [9.17, 15) is 0 Å². The second-order valence-corrected chi connectivity index (χ2v) is 5.20. The van der Waals surface area contributed by atoms with Crippen LogP contribution in [0.2, 0.25) is 0 Å². The molecule has 0 fully saturated rings. The van der Waals surface area contributed by atoms with E-state index in [1.165, 1.54) is 0 Å². The van der Waals surface area contributed by atoms with Gasteiger partial charge in [0.25, 0.3) is 0 Å². The van der Waals surface area contributed by atoms with E-state index in [4.69, 9.17) is 18.9 Å². The van der Waals surface area contributed by atoms with Crippen LogP contribution in [0.4, 0.5) is 0 Å². The predicted molar refractivity (Wildman–Crippen MR) is 86.3 cm³/mol. The predicted octanol–water partition coefficient (Wildman–Crippen LogP) is 2.61. The highest BCUT2D eigenvalue weighted by molar-refractivity contribution is 9.10. The molecule has 1 rings (SSSR count). The average molecular weight is 362 g/mol. The van der Waals surface area contributed by atoms with Gasteiger partial charge in [-0.05, 0) is 40.5 Å². The summed E-state index contributed by atoms with van der Waals surface area (Å²) in [7, 11) is 3.34. The van der Waals surface area contributed by atoms with Crippen molar-refractivity contribution in [1.29, 1.82) is 0 Å². The zero-order valence-corrected chi connectivity index (χ0v) is 14.5. The summed E-state index contributed by atoms with van der Waals surface area (Å²) in [6.07, 6.45) is 0. The van der Waals surface area contributed by atoms with Crippen molar-refractivity contribution in [3.05, 3.63) is 22.2 Å². The second-order valence-electron chi connectivity index (χ2n) is 4.35. The summed E-state index contributed by atoms with van der Waals surface area (Å²) >= 11 is 3.54. The maximum absolute atomic E-state index is 5.72. The Kier molecular flexibility index (Phi) is 9.41. The third-order valence-electron chi connectivity index (χ3n) is 2.72. The highest BCUT2D eigenvalue weighted by atomic mass is 79.9. The van der Waals surface area contributed by atoms with E-state index in [1.54, 1.807) is 14.2 Å². The minimum Gasteiger partial charge on any atom is -0.490 e. The number of halogens is 1. The molecule has 5 nitrogen and oxygen atoms in total. The van der Waals surface area contributed by atoms with Crippen LogP contribution >= 0.6 is 15.9 Å². The molecule has 0 heterocycles. The lowest BCUT2D eigenvalue weighted by Gasteiger charge is -2.15. The van der Waals surface area contributed by atoms with Crippen LogP contribution in [0.15, 0.2) is 16.6 Å². The van der Waals surface area contributed by atoms with E-state index in [1.807, 2.05) is 19.1 Å². The summed E-state index contributed by atoms with van der Waals surface area (Å²) in [4.78, 5) is 0. The SMILES string of the molecule is CCOc1cc(CNCCOC)cc(Br)c1OCCOC. The molecule has 0 aliphatic rings. The van der Waals surface area contributed by atoms with E-state index in [-0.39, 0.29) is 0 Å². The molecule has 0 aliphatic heterocycles. The van der Waals surface area contributed by atoms with Crippen molar-refractivity contribution >= 4 is 15.9 Å². The molecule has 21 heavy (non-hydrogen) atoms. The topological polar surface area (TPSA) is 49.0 Å². The van der Waals surface area contributed by atoms with Gasteiger partial charge in [-0.1, -0.05) is 0 Å². The van der Waals surface area contributed by atoms with Crippen LogP contribution in [0, 0.1) is 0 Å². The average Bonchev–Trinajstić information content (AvgIpc) is 2.47. The summed E-state index contributed by atoms with van der Waals surface area (Å²) in [6.45, 7) is 5.82. The maximum Gasteiger partial charge on any atom is 0.175 e. The highest BCUT2D eigenvalue weighted by Gasteiger charge is 2.12. The van der Waals surface area contributed by atoms with Crippen LogP contribution in [0.3, 0.4) is 0 Å². The first-order chi connectivity index (χ1) is 10.2. The summed E-state index contributed by atoms with van der Waals surface area (Å²) in [5.41, 5.74) is 1.13. The molecule has 0 unspecified atom stereocenters. The third kappa shape index (κ3) is 6.65. The van der Waals surface area contributed by atoms with E-state index in [2.05, 4.69) is 21.2 Å². The highest BCUT2D eigenvalue weighted by Crippen LogP contribution is 2.36. The van der Waals surface area contributed by atoms with Gasteiger partial charge in [0.05, 0.1) is 24.3 Å². The first kappa shape index (κ1) is 18.2. The Labute approximate surface area is 135 Å². The van der Waals surface area contributed by atoms with E-state index >= 15 is 0 Å². The molecule has 0 aromatic heterocycles. The Morgan fingerprint density at radius 1 is 1.05 bits per heavy atom. The molecule has 0 saturated carbocycles. The number of nitrogens with one attached hydrogen (secondary N) is 1. The van der Waals surface area contributed by atoms with Gasteiger partial charge in [0.15, 0.2) is 11.5 Å². The molecule has 1 aromatic carbocycles. The number of hydrogen-bond donors (Lipinski definition) is 1. The Hall–Kier alpha value is -0.820. The summed E-state index contributed by atoms with van der Waals surface area (Å²) in [6, 6.07) is 4.03. The Morgan fingerprint density at radius 3 is 2.48 bits per heavy atom. The van der Waals surface area contributed by atoms with Crippen molar-refractivity contribution in [2.45, 2.75) is 13.5 Å². The van der Waals surface area contributed by atoms with E-state index in [0.717, 1.165) is 34.6 Å². The Morgan fingerprint density at radius 2 is 1.81 bits per heavy atom. The molecule has 0 bridgehead atoms. The van der Waals surface area contributed by atoms with Gasteiger partial charge >= 0.3 is 0 Å². The summed E-state index contributed by atoms with van der Waals surface area (Å²) < 4.78 is 22.3. The lowest BCUT2D eigenvalue weighted by Crippen LogP contribution is -2.18. The Bertz CT molecular complexity index is 415. The minimum atomic E-state index is 0.487. The van der Waals surface area contributed by atoms with Gasteiger partial charge in [-0.2, -0.15) is 0 Å². The lowest BCUT2D eigenvalue weighted by molar-refractivity contribution is 0.143. The van der Waals surface area contributed by atoms with Gasteiger partial charge in [-0.15, -0.1) is 0 Å². The molecule has 1 N–H and O–H groups in total. The van der Waals surface area contributed by atoms with Crippen molar-refractivity contribution in [1.82, 2.24) is 5.32 Å². The van der Waals surface area contributed by atoms with Crippen molar-refractivity contribution in [3.8, 4) is 11.5 Å². The van der Waals surface area contributed by atoms with Gasteiger partial charge in [-0.3, -0.25) is 0 Å². The lowest BCUT2D eigenvalue weighted by atomic mass is 10.2. The van der Waals surface area contributed by atoms with E-state index < -0.39 is 0 Å². The van der Waals surface area contributed by atoms with Gasteiger partial charge < -0.3 is 24.3 Å². The molecular formula is C15H24BrNO4. The van der Waals surface area contributed by atoms with Crippen LogP contribution in [0.1, 0.15) is 12.5 Å². The van der Waals surface area contributed by atoms with Crippen molar-refractivity contribution < 1.29 is 18.9 Å². The quantitative estimate of drug-likeness (QED) is 0.614. The fourth-order valence-corrected chi connectivity index (χ4v) is 2.36. The molecule has 0 radical (unpaired) electrons. The van der Waals surface area contributed by atoms with Crippen LogP contribution in [0.5, 0.6) is 11.5 Å². The number of ether oxygens (including phenoxy) is 4. The molecule has 0 atom stereocenters. The molecule has 0 spiro atoms. The first-order valence-corrected chi connectivity index (χ1v) is 7.78. The first-order valence-electron chi connectivity index (χ1n) is 6.99. The molecular weight excluding hydrogens is 338 g/mol. The van der Waals surface area contributed by atoms with Gasteiger partial charge in [0.1, 0.15) is 6.61 Å². The fraction of sp³-hybridized carbons (Fsp3) is 0.600. The van der Waals surface area contributed by atoms with Crippen LogP contribution in [-0.4, -0.2) is 47.2 Å². The van der Waals surface area contributed by atoms with Gasteiger partial charge in [-0.25, -0.2) is 0 Å². The van der Waals surface area contributed by atoms with Crippen LogP contribution < -0.4 is 14.8 Å². The van der Waals surface area contributed by atoms with E-state index in [0.29, 0.717) is 26.4 Å². The molecule has 0 amide bonds. The smallest absolute Gasteiger partial charge is 0.175 e. The number of hydrogen-bond acceptors (Lipinski definition) is 5. The van der Waals surface area contributed by atoms with Crippen LogP contribution in [0.25, 0.3) is 0 Å². The maximum atomic E-state index is 5.72. The monoisotopic (exact) mass is 361 g/mol. The molecule has 6 heteroatoms. The number of methoxy groups -OCH3 is 2. The largest absolute Gasteiger partial charge is 0.490 e. The van der Waals surface area contributed by atoms with Gasteiger partial charge in [0.2, 0.25) is 0 Å². The summed E-state index contributed by atoms with van der Waals surface area (Å²) in [5.74, 6) is 1.46. The zero-order valence-electron chi connectivity index (χ0n) is 12.9. The summed E-state index contributed by atoms with van der Waals surface area (Å²) in [5, 5.41) is 3.31. The van der Waals surface area contributed by atoms with Crippen LogP contribution in [-0.2, 0) is 16.0 Å². The van der Waals surface area contributed by atoms with Gasteiger partial charge in [0, 0.05) is 27.3 Å².